The van der Waals surface area contributed by atoms with Crippen molar-refractivity contribution in [3.63, 3.8) is 0 Å². The molecular weight excluding hydrogens is 397 g/mol. The number of pyridine rings is 1. The first-order chi connectivity index (χ1) is 14.0. The number of ether oxygens (including phenoxy) is 1. The molecule has 2 aliphatic rings. The summed E-state index contributed by atoms with van der Waals surface area (Å²) in [5, 5.41) is 2.95. The van der Waals surface area contributed by atoms with Gasteiger partial charge in [0.15, 0.2) is 0 Å². The van der Waals surface area contributed by atoms with Gasteiger partial charge in [-0.3, -0.25) is 9.59 Å². The Morgan fingerprint density at radius 3 is 2.69 bits per heavy atom. The molecular formula is C21H21ClFN3O3. The summed E-state index contributed by atoms with van der Waals surface area (Å²) in [6.07, 6.45) is 2.28. The Bertz CT molecular complexity index is 947. The molecule has 1 aromatic carbocycles. The average molecular weight is 418 g/mol. The molecule has 1 fully saturated rings. The van der Waals surface area contributed by atoms with Crippen molar-refractivity contribution in [3.05, 3.63) is 53.0 Å². The second kappa shape index (κ2) is 7.99. The summed E-state index contributed by atoms with van der Waals surface area (Å²) in [7, 11) is 0. The number of rotatable bonds is 5. The van der Waals surface area contributed by atoms with Crippen molar-refractivity contribution in [1.29, 1.82) is 0 Å². The summed E-state index contributed by atoms with van der Waals surface area (Å²) in [4.78, 5) is 31.2. The lowest BCUT2D eigenvalue weighted by atomic mass is 10.0. The highest BCUT2D eigenvalue weighted by molar-refractivity contribution is 6.29. The van der Waals surface area contributed by atoms with Gasteiger partial charge in [-0.1, -0.05) is 12.1 Å². The topological polar surface area (TPSA) is 71.5 Å². The molecule has 152 valence electrons. The number of amides is 2. The third-order valence-electron chi connectivity index (χ3n) is 5.03. The number of hydrogen-bond acceptors (Lipinski definition) is 4. The standard InChI is InChI=1S/C21H21ClFN3O3/c1-12-11-29-21-17(26(12)18(27)10-22)9-14(8-13-2-4-15(23)5-3-13)19(25-21)20(28)24-16-6-7-16/h2-5,9,12,16H,6-8,10-11H2,1H3,(H,24,28). The number of nitrogens with zero attached hydrogens (tertiary/aromatic N) is 2. The van der Waals surface area contributed by atoms with Crippen LogP contribution in [0.15, 0.2) is 30.3 Å². The summed E-state index contributed by atoms with van der Waals surface area (Å²) in [5.41, 5.74) is 2.22. The third kappa shape index (κ3) is 4.19. The molecule has 2 heterocycles. The second-order valence-corrected chi connectivity index (χ2v) is 7.70. The molecule has 2 amide bonds. The monoisotopic (exact) mass is 417 g/mol. The van der Waals surface area contributed by atoms with Gasteiger partial charge in [-0.15, -0.1) is 11.6 Å². The minimum absolute atomic E-state index is 0.166. The van der Waals surface area contributed by atoms with Crippen molar-refractivity contribution in [2.24, 2.45) is 0 Å². The Morgan fingerprint density at radius 2 is 2.03 bits per heavy atom. The number of fused-ring (bicyclic) bond motifs is 1. The van der Waals surface area contributed by atoms with Crippen molar-refractivity contribution in [2.75, 3.05) is 17.4 Å². The first kappa shape index (κ1) is 19.6. The molecule has 29 heavy (non-hydrogen) atoms. The summed E-state index contributed by atoms with van der Waals surface area (Å²) < 4.78 is 19.0. The molecule has 4 rings (SSSR count). The van der Waals surface area contributed by atoms with Gasteiger partial charge in [-0.2, -0.15) is 0 Å². The Balaban J connectivity index is 1.76. The van der Waals surface area contributed by atoms with E-state index in [1.807, 2.05) is 6.92 Å². The zero-order valence-electron chi connectivity index (χ0n) is 16.0. The smallest absolute Gasteiger partial charge is 0.270 e. The predicted molar refractivity (Wildman–Crippen MR) is 107 cm³/mol. The molecule has 1 atom stereocenters. The molecule has 8 heteroatoms. The summed E-state index contributed by atoms with van der Waals surface area (Å²) in [5.74, 6) is -0.783. The lowest BCUT2D eigenvalue weighted by molar-refractivity contribution is -0.117. The van der Waals surface area contributed by atoms with Crippen LogP contribution in [0.25, 0.3) is 0 Å². The highest BCUT2D eigenvalue weighted by Gasteiger charge is 2.33. The van der Waals surface area contributed by atoms with Crippen molar-refractivity contribution in [2.45, 2.75) is 38.3 Å². The van der Waals surface area contributed by atoms with Crippen LogP contribution in [-0.4, -0.2) is 41.4 Å². The van der Waals surface area contributed by atoms with Crippen LogP contribution in [0.1, 0.15) is 41.4 Å². The highest BCUT2D eigenvalue weighted by atomic mass is 35.5. The van der Waals surface area contributed by atoms with Crippen LogP contribution in [-0.2, 0) is 11.2 Å². The van der Waals surface area contributed by atoms with Crippen LogP contribution in [0.4, 0.5) is 10.1 Å². The Hall–Kier alpha value is -2.67. The number of nitrogens with one attached hydrogen (secondary N) is 1. The van der Waals surface area contributed by atoms with Gasteiger partial charge < -0.3 is 15.0 Å². The fourth-order valence-electron chi connectivity index (χ4n) is 3.40. The van der Waals surface area contributed by atoms with E-state index in [-0.39, 0.29) is 53.8 Å². The van der Waals surface area contributed by atoms with E-state index in [2.05, 4.69) is 10.3 Å². The van der Waals surface area contributed by atoms with Crippen LogP contribution >= 0.6 is 11.6 Å². The van der Waals surface area contributed by atoms with Gasteiger partial charge in [0.25, 0.3) is 5.91 Å². The largest absolute Gasteiger partial charge is 0.474 e. The Labute approximate surface area is 173 Å². The molecule has 0 spiro atoms. The number of carbonyl (C=O) groups excluding carboxylic acids is 2. The van der Waals surface area contributed by atoms with E-state index in [4.69, 9.17) is 16.3 Å². The van der Waals surface area contributed by atoms with E-state index in [9.17, 15) is 14.0 Å². The zero-order valence-corrected chi connectivity index (χ0v) is 16.7. The predicted octanol–water partition coefficient (Wildman–Crippen LogP) is 3.06. The molecule has 1 aliphatic heterocycles. The summed E-state index contributed by atoms with van der Waals surface area (Å²) in [6.45, 7) is 2.13. The highest BCUT2D eigenvalue weighted by Crippen LogP contribution is 2.35. The molecule has 1 aromatic heterocycles. The van der Waals surface area contributed by atoms with Crippen molar-refractivity contribution < 1.29 is 18.7 Å². The molecule has 0 saturated heterocycles. The van der Waals surface area contributed by atoms with Crippen molar-refractivity contribution in [3.8, 4) is 5.88 Å². The van der Waals surface area contributed by atoms with Crippen LogP contribution < -0.4 is 15.0 Å². The second-order valence-electron chi connectivity index (χ2n) is 7.43. The third-order valence-corrected chi connectivity index (χ3v) is 5.26. The molecule has 0 bridgehead atoms. The average Bonchev–Trinajstić information content (AvgIpc) is 3.52. The normalized spacial score (nSPS) is 18.0. The Kier molecular flexibility index (Phi) is 5.41. The molecule has 1 unspecified atom stereocenters. The first-order valence-corrected chi connectivity index (χ1v) is 10.1. The van der Waals surface area contributed by atoms with Crippen LogP contribution in [0, 0.1) is 5.82 Å². The van der Waals surface area contributed by atoms with Gasteiger partial charge in [0.05, 0.1) is 6.04 Å². The van der Waals surface area contributed by atoms with Crippen LogP contribution in [0.2, 0.25) is 0 Å². The minimum Gasteiger partial charge on any atom is -0.474 e. The van der Waals surface area contributed by atoms with Crippen molar-refractivity contribution >= 4 is 29.1 Å². The maximum atomic E-state index is 13.3. The number of anilines is 1. The fourth-order valence-corrected chi connectivity index (χ4v) is 3.52. The molecule has 2 aromatic rings. The molecule has 1 aliphatic carbocycles. The summed E-state index contributed by atoms with van der Waals surface area (Å²) >= 11 is 5.80. The lowest BCUT2D eigenvalue weighted by Gasteiger charge is -2.34. The van der Waals surface area contributed by atoms with E-state index < -0.39 is 0 Å². The number of benzene rings is 1. The van der Waals surface area contributed by atoms with Gasteiger partial charge in [0.2, 0.25) is 11.8 Å². The maximum absolute atomic E-state index is 13.3. The van der Waals surface area contributed by atoms with E-state index in [0.717, 1.165) is 18.4 Å². The van der Waals surface area contributed by atoms with E-state index in [1.165, 1.54) is 12.1 Å². The first-order valence-electron chi connectivity index (χ1n) is 9.56. The van der Waals surface area contributed by atoms with E-state index in [0.29, 0.717) is 17.7 Å². The molecule has 6 nitrogen and oxygen atoms in total. The molecule has 1 saturated carbocycles. The van der Waals surface area contributed by atoms with Crippen molar-refractivity contribution in [1.82, 2.24) is 10.3 Å². The van der Waals surface area contributed by atoms with Crippen LogP contribution in [0.3, 0.4) is 0 Å². The Morgan fingerprint density at radius 1 is 1.31 bits per heavy atom. The number of hydrogen-bond donors (Lipinski definition) is 1. The van der Waals surface area contributed by atoms with Gasteiger partial charge >= 0.3 is 0 Å². The maximum Gasteiger partial charge on any atom is 0.270 e. The lowest BCUT2D eigenvalue weighted by Crippen LogP contribution is -2.46. The van der Waals surface area contributed by atoms with Gasteiger partial charge in [0.1, 0.15) is 29.7 Å². The van der Waals surface area contributed by atoms with Crippen LogP contribution in [0.5, 0.6) is 5.88 Å². The summed E-state index contributed by atoms with van der Waals surface area (Å²) in [6, 6.07) is 7.80. The molecule has 0 radical (unpaired) electrons. The van der Waals surface area contributed by atoms with Gasteiger partial charge in [-0.05, 0) is 55.5 Å². The zero-order chi connectivity index (χ0) is 20.5. The SMILES string of the molecule is CC1COc2nc(C(=O)NC3CC3)c(Cc3ccc(F)cc3)cc2N1C(=O)CCl. The molecule has 1 N–H and O–H groups in total. The van der Waals surface area contributed by atoms with E-state index in [1.54, 1.807) is 23.1 Å². The van der Waals surface area contributed by atoms with Gasteiger partial charge in [-0.25, -0.2) is 9.37 Å². The number of halogens is 2. The quantitative estimate of drug-likeness (QED) is 0.759. The number of carbonyl (C=O) groups is 2. The van der Waals surface area contributed by atoms with E-state index >= 15 is 0 Å². The minimum atomic E-state index is -0.329. The van der Waals surface area contributed by atoms with Gasteiger partial charge in [0, 0.05) is 6.04 Å². The number of alkyl halides is 1. The fraction of sp³-hybridized carbons (Fsp3) is 0.381. The number of aromatic nitrogens is 1.